The van der Waals surface area contributed by atoms with Gasteiger partial charge in [-0.15, -0.1) is 0 Å². The summed E-state index contributed by atoms with van der Waals surface area (Å²) in [6, 6.07) is 3.06. The van der Waals surface area contributed by atoms with Gasteiger partial charge in [0.15, 0.2) is 27.1 Å². The Morgan fingerprint density at radius 2 is 1.80 bits per heavy atom. The largest absolute Gasteiger partial charge is 0.360 e. The SMILES string of the molecule is CC.Cc1ncnc(C2CC2)c1-c1ncc2nc(NCc3ccc(S(C)(=O)=O)cn3)c(=O)n([C@@H](C)C3CC3)c2n1.[HH]. The lowest BCUT2D eigenvalue weighted by atomic mass is 10.1. The van der Waals surface area contributed by atoms with Gasteiger partial charge in [-0.25, -0.2) is 33.3 Å². The molecule has 0 saturated heterocycles. The highest BCUT2D eigenvalue weighted by atomic mass is 32.2. The number of anilines is 1. The van der Waals surface area contributed by atoms with Crippen LogP contribution in [0.25, 0.3) is 22.6 Å². The number of sulfone groups is 1. The number of hydrogen-bond acceptors (Lipinski definition) is 10. The fraction of sp³-hybridized carbons (Fsp3) is 0.464. The highest BCUT2D eigenvalue weighted by Gasteiger charge is 2.33. The third-order valence-electron chi connectivity index (χ3n) is 7.26. The van der Waals surface area contributed by atoms with Gasteiger partial charge in [-0.3, -0.25) is 14.3 Å². The summed E-state index contributed by atoms with van der Waals surface area (Å²) in [4.78, 5) is 41.1. The molecule has 0 unspecified atom stereocenters. The molecule has 40 heavy (non-hydrogen) atoms. The first-order valence-electron chi connectivity index (χ1n) is 13.7. The van der Waals surface area contributed by atoms with E-state index in [1.54, 1.807) is 23.2 Å². The molecular formula is C28H36N8O3S. The second-order valence-electron chi connectivity index (χ2n) is 10.2. The van der Waals surface area contributed by atoms with Crippen LogP contribution in [0.1, 0.15) is 76.9 Å². The molecule has 2 aliphatic carbocycles. The Hall–Kier alpha value is -3.80. The molecule has 2 fully saturated rings. The zero-order valence-electron chi connectivity index (χ0n) is 23.4. The number of aromatic nitrogens is 7. The van der Waals surface area contributed by atoms with Crippen molar-refractivity contribution in [3.8, 4) is 11.4 Å². The quantitative estimate of drug-likeness (QED) is 0.325. The summed E-state index contributed by atoms with van der Waals surface area (Å²) in [5.41, 5.74) is 3.92. The van der Waals surface area contributed by atoms with Crippen LogP contribution in [-0.4, -0.2) is 49.1 Å². The number of rotatable bonds is 8. The van der Waals surface area contributed by atoms with Gasteiger partial charge in [-0.1, -0.05) is 13.8 Å². The molecule has 12 heteroatoms. The molecule has 0 amide bonds. The zero-order valence-corrected chi connectivity index (χ0v) is 24.2. The summed E-state index contributed by atoms with van der Waals surface area (Å²) in [5, 5.41) is 3.09. The maximum Gasteiger partial charge on any atom is 0.295 e. The Bertz CT molecular complexity index is 1720. The lowest BCUT2D eigenvalue weighted by Gasteiger charge is -2.19. The second-order valence-corrected chi connectivity index (χ2v) is 12.2. The molecule has 4 aromatic heterocycles. The standard InChI is InChI=1S/C26H28N8O3S.C2H6.H2/c1-14-21(22(17-6-7-17)31-13-30-14)23-29-12-20-25(33-23)34(15(2)16-4-5-16)26(35)24(32-20)28-10-18-8-9-19(11-27-18)38(3,36)37;1-2;/h8-9,11-13,15-17H,4-7,10H2,1-3H3,(H,28,32);1-2H3;1H/t15-;;/m0../s1. The van der Waals surface area contributed by atoms with Crippen molar-refractivity contribution >= 4 is 26.8 Å². The van der Waals surface area contributed by atoms with Crippen LogP contribution in [0.5, 0.6) is 0 Å². The minimum Gasteiger partial charge on any atom is -0.360 e. The summed E-state index contributed by atoms with van der Waals surface area (Å²) >= 11 is 0. The van der Waals surface area contributed by atoms with Gasteiger partial charge in [0.05, 0.1) is 40.3 Å². The van der Waals surface area contributed by atoms with E-state index >= 15 is 0 Å². The molecule has 0 spiro atoms. The van der Waals surface area contributed by atoms with Gasteiger partial charge >= 0.3 is 0 Å². The fourth-order valence-corrected chi connectivity index (χ4v) is 5.31. The third-order valence-corrected chi connectivity index (χ3v) is 8.36. The smallest absolute Gasteiger partial charge is 0.295 e. The molecule has 4 heterocycles. The highest BCUT2D eigenvalue weighted by Crippen LogP contribution is 2.43. The van der Waals surface area contributed by atoms with E-state index in [2.05, 4.69) is 30.2 Å². The molecule has 0 bridgehead atoms. The summed E-state index contributed by atoms with van der Waals surface area (Å²) < 4.78 is 25.2. The van der Waals surface area contributed by atoms with E-state index < -0.39 is 9.84 Å². The third kappa shape index (κ3) is 5.58. The van der Waals surface area contributed by atoms with E-state index in [-0.39, 0.29) is 30.3 Å². The summed E-state index contributed by atoms with van der Waals surface area (Å²) in [7, 11) is -3.34. The van der Waals surface area contributed by atoms with Crippen molar-refractivity contribution in [1.29, 1.82) is 0 Å². The van der Waals surface area contributed by atoms with Crippen molar-refractivity contribution in [2.24, 2.45) is 5.92 Å². The van der Waals surface area contributed by atoms with Crippen LogP contribution in [0.3, 0.4) is 0 Å². The molecule has 0 aliphatic heterocycles. The lowest BCUT2D eigenvalue weighted by Crippen LogP contribution is -2.29. The number of hydrogen-bond donors (Lipinski definition) is 1. The molecule has 2 saturated carbocycles. The van der Waals surface area contributed by atoms with Gasteiger partial charge in [0, 0.05) is 25.8 Å². The Morgan fingerprint density at radius 3 is 2.42 bits per heavy atom. The van der Waals surface area contributed by atoms with Gasteiger partial charge in [0.2, 0.25) is 0 Å². The first-order chi connectivity index (χ1) is 19.2. The molecule has 1 atom stereocenters. The lowest BCUT2D eigenvalue weighted by molar-refractivity contribution is 0.482. The molecule has 4 aromatic rings. The molecule has 0 radical (unpaired) electrons. The van der Waals surface area contributed by atoms with Crippen LogP contribution in [0.2, 0.25) is 0 Å². The van der Waals surface area contributed by atoms with Gasteiger partial charge in [0.25, 0.3) is 5.56 Å². The molecule has 1 N–H and O–H groups in total. The van der Waals surface area contributed by atoms with Crippen molar-refractivity contribution in [2.45, 2.75) is 76.8 Å². The maximum atomic E-state index is 13.7. The van der Waals surface area contributed by atoms with E-state index in [4.69, 9.17) is 4.98 Å². The highest BCUT2D eigenvalue weighted by molar-refractivity contribution is 7.90. The normalized spacial score (nSPS) is 15.8. The summed E-state index contributed by atoms with van der Waals surface area (Å²) in [6.45, 7) is 8.18. The molecule has 11 nitrogen and oxygen atoms in total. The first-order valence-corrected chi connectivity index (χ1v) is 15.6. The van der Waals surface area contributed by atoms with Gasteiger partial charge in [0.1, 0.15) is 11.8 Å². The Balaban J connectivity index is 0.00000126. The van der Waals surface area contributed by atoms with Crippen LogP contribution in [0.15, 0.2) is 40.5 Å². The van der Waals surface area contributed by atoms with E-state index in [0.717, 1.165) is 48.9 Å². The van der Waals surface area contributed by atoms with Gasteiger partial charge < -0.3 is 5.32 Å². The minimum absolute atomic E-state index is 0. The number of nitrogens with zero attached hydrogens (tertiary/aromatic N) is 7. The minimum atomic E-state index is -3.34. The predicted molar refractivity (Wildman–Crippen MR) is 155 cm³/mol. The Labute approximate surface area is 235 Å². The van der Waals surface area contributed by atoms with Crippen molar-refractivity contribution in [3.63, 3.8) is 0 Å². The van der Waals surface area contributed by atoms with Crippen LogP contribution >= 0.6 is 0 Å². The predicted octanol–water partition coefficient (Wildman–Crippen LogP) is 4.48. The second kappa shape index (κ2) is 11.0. The number of pyridine rings is 1. The average Bonchev–Trinajstić information content (AvgIpc) is 3.86. The van der Waals surface area contributed by atoms with E-state index in [9.17, 15) is 13.2 Å². The van der Waals surface area contributed by atoms with Crippen molar-refractivity contribution in [1.82, 2.24) is 34.5 Å². The van der Waals surface area contributed by atoms with Gasteiger partial charge in [-0.05, 0) is 57.6 Å². The van der Waals surface area contributed by atoms with Crippen molar-refractivity contribution < 1.29 is 9.84 Å². The summed E-state index contributed by atoms with van der Waals surface area (Å²) in [5.74, 6) is 1.47. The average molecular weight is 565 g/mol. The molecule has 6 rings (SSSR count). The van der Waals surface area contributed by atoms with Gasteiger partial charge in [-0.2, -0.15) is 0 Å². The monoisotopic (exact) mass is 564 g/mol. The zero-order chi connectivity index (χ0) is 28.6. The van der Waals surface area contributed by atoms with Crippen molar-refractivity contribution in [3.05, 3.63) is 58.3 Å². The van der Waals surface area contributed by atoms with Crippen LogP contribution < -0.4 is 10.9 Å². The van der Waals surface area contributed by atoms with E-state index in [1.807, 2.05) is 27.7 Å². The van der Waals surface area contributed by atoms with Crippen LogP contribution in [-0.2, 0) is 16.4 Å². The molecule has 212 valence electrons. The van der Waals surface area contributed by atoms with Crippen molar-refractivity contribution in [2.75, 3.05) is 11.6 Å². The van der Waals surface area contributed by atoms with Crippen LogP contribution in [0.4, 0.5) is 5.82 Å². The number of fused-ring (bicyclic) bond motifs is 1. The molecule has 0 aromatic carbocycles. The topological polar surface area (TPSA) is 146 Å². The fourth-order valence-electron chi connectivity index (χ4n) is 4.75. The Kier molecular flexibility index (Phi) is 7.63. The molecular weight excluding hydrogens is 528 g/mol. The number of nitrogens with one attached hydrogen (secondary N) is 1. The number of aryl methyl sites for hydroxylation is 1. The van der Waals surface area contributed by atoms with E-state index in [0.29, 0.717) is 34.5 Å². The maximum absolute atomic E-state index is 13.7. The van der Waals surface area contributed by atoms with Crippen LogP contribution in [0, 0.1) is 12.8 Å². The van der Waals surface area contributed by atoms with E-state index in [1.165, 1.54) is 12.3 Å². The first kappa shape index (κ1) is 27.8. The summed E-state index contributed by atoms with van der Waals surface area (Å²) in [6.07, 6.45) is 9.98. The molecule has 2 aliphatic rings. The Morgan fingerprint density at radius 1 is 1.05 bits per heavy atom.